The van der Waals surface area contributed by atoms with E-state index in [2.05, 4.69) is 11.4 Å². The van der Waals surface area contributed by atoms with Gasteiger partial charge in [0, 0.05) is 19.0 Å². The van der Waals surface area contributed by atoms with Gasteiger partial charge in [-0.15, -0.1) is 0 Å². The molecule has 0 saturated carbocycles. The van der Waals surface area contributed by atoms with E-state index in [0.717, 1.165) is 11.3 Å². The Morgan fingerprint density at radius 3 is 2.67 bits per heavy atom. The monoisotopic (exact) mass is 370 g/mol. The summed E-state index contributed by atoms with van der Waals surface area (Å²) in [7, 11) is 0. The number of furan rings is 1. The number of ether oxygens (including phenoxy) is 1. The van der Waals surface area contributed by atoms with Crippen LogP contribution in [0.3, 0.4) is 0 Å². The summed E-state index contributed by atoms with van der Waals surface area (Å²) in [6, 6.07) is 9.41. The van der Waals surface area contributed by atoms with E-state index in [0.29, 0.717) is 44.8 Å². The second kappa shape index (κ2) is 8.75. The number of aryl methyl sites for hydroxylation is 2. The summed E-state index contributed by atoms with van der Waals surface area (Å²) < 4.78 is 10.9. The second-order valence-electron chi connectivity index (χ2n) is 6.95. The Hall–Kier alpha value is -2.76. The quantitative estimate of drug-likeness (QED) is 0.794. The van der Waals surface area contributed by atoms with Gasteiger partial charge in [-0.2, -0.15) is 0 Å². The zero-order chi connectivity index (χ0) is 19.2. The number of carbonyl (C=O) groups is 2. The number of nitrogens with zero attached hydrogens (tertiary/aromatic N) is 1. The number of nitrogens with one attached hydrogen (secondary N) is 1. The summed E-state index contributed by atoms with van der Waals surface area (Å²) in [4.78, 5) is 26.3. The van der Waals surface area contributed by atoms with Crippen LogP contribution in [0.2, 0.25) is 0 Å². The highest BCUT2D eigenvalue weighted by molar-refractivity contribution is 5.91. The van der Waals surface area contributed by atoms with Crippen molar-refractivity contribution in [2.45, 2.75) is 26.7 Å². The molecule has 0 bridgehead atoms. The number of hydrogen-bond donors (Lipinski definition) is 1. The molecule has 0 radical (unpaired) electrons. The first kappa shape index (κ1) is 19.0. The molecule has 0 aliphatic carbocycles. The van der Waals surface area contributed by atoms with E-state index < -0.39 is 0 Å². The number of likely N-dealkylation sites (tertiary alicyclic amines) is 1. The number of piperidine rings is 1. The minimum absolute atomic E-state index is 0.0318. The lowest BCUT2D eigenvalue weighted by atomic mass is 9.96. The zero-order valence-corrected chi connectivity index (χ0v) is 15.9. The minimum atomic E-state index is -0.110. The van der Waals surface area contributed by atoms with Gasteiger partial charge in [-0.3, -0.25) is 9.59 Å². The van der Waals surface area contributed by atoms with Crippen LogP contribution in [0.25, 0.3) is 0 Å². The van der Waals surface area contributed by atoms with Crippen molar-refractivity contribution in [3.8, 4) is 5.75 Å². The Morgan fingerprint density at radius 1 is 1.22 bits per heavy atom. The highest BCUT2D eigenvalue weighted by Gasteiger charge is 2.28. The lowest BCUT2D eigenvalue weighted by molar-refractivity contribution is -0.126. The maximum absolute atomic E-state index is 12.3. The molecule has 0 spiro atoms. The highest BCUT2D eigenvalue weighted by Crippen LogP contribution is 2.20. The molecule has 6 nitrogen and oxygen atoms in total. The molecule has 6 heteroatoms. The Balaban J connectivity index is 1.37. The molecule has 0 atom stereocenters. The maximum Gasteiger partial charge on any atom is 0.289 e. The molecule has 1 aromatic heterocycles. The fraction of sp³-hybridized carbons (Fsp3) is 0.429. The first-order chi connectivity index (χ1) is 13.0. The average molecular weight is 370 g/mol. The van der Waals surface area contributed by atoms with Crippen LogP contribution in [-0.4, -0.2) is 43.0 Å². The molecule has 2 amide bonds. The predicted octanol–water partition coefficient (Wildman–Crippen LogP) is 2.94. The first-order valence-electron chi connectivity index (χ1n) is 9.35. The van der Waals surface area contributed by atoms with E-state index in [-0.39, 0.29) is 17.7 Å². The lowest BCUT2D eigenvalue weighted by Gasteiger charge is -2.30. The van der Waals surface area contributed by atoms with E-state index >= 15 is 0 Å². The van der Waals surface area contributed by atoms with Crippen LogP contribution in [0.15, 0.2) is 41.0 Å². The Kier molecular flexibility index (Phi) is 6.16. The Labute approximate surface area is 159 Å². The van der Waals surface area contributed by atoms with Crippen LogP contribution in [-0.2, 0) is 4.79 Å². The Bertz CT molecular complexity index is 777. The lowest BCUT2D eigenvalue weighted by Crippen LogP contribution is -2.43. The fourth-order valence-corrected chi connectivity index (χ4v) is 3.34. The molecule has 1 aliphatic heterocycles. The molecule has 1 aliphatic rings. The molecule has 144 valence electrons. The van der Waals surface area contributed by atoms with Gasteiger partial charge in [0.25, 0.3) is 5.91 Å². The van der Waals surface area contributed by atoms with E-state index in [1.54, 1.807) is 17.0 Å². The van der Waals surface area contributed by atoms with Crippen LogP contribution in [0.1, 0.15) is 34.5 Å². The summed E-state index contributed by atoms with van der Waals surface area (Å²) in [6.07, 6.45) is 2.82. The van der Waals surface area contributed by atoms with Gasteiger partial charge in [0.1, 0.15) is 12.4 Å². The summed E-state index contributed by atoms with van der Waals surface area (Å²) in [5, 5.41) is 2.94. The van der Waals surface area contributed by atoms with Crippen molar-refractivity contribution in [3.63, 3.8) is 0 Å². The fourth-order valence-electron chi connectivity index (χ4n) is 3.34. The SMILES string of the molecule is Cc1ccc(OCCNC(=O)C2CCN(C(=O)c3ccco3)CC2)c(C)c1. The van der Waals surface area contributed by atoms with Crippen molar-refractivity contribution in [2.75, 3.05) is 26.2 Å². The highest BCUT2D eigenvalue weighted by atomic mass is 16.5. The standard InChI is InChI=1S/C21H26N2O4/c1-15-5-6-18(16(2)14-15)27-13-9-22-20(24)17-7-10-23(11-8-17)21(25)19-4-3-12-26-19/h3-6,12,14,17H,7-11,13H2,1-2H3,(H,22,24). The van der Waals surface area contributed by atoms with Crippen molar-refractivity contribution in [1.29, 1.82) is 0 Å². The molecule has 27 heavy (non-hydrogen) atoms. The van der Waals surface area contributed by atoms with Crippen molar-refractivity contribution in [3.05, 3.63) is 53.5 Å². The van der Waals surface area contributed by atoms with Crippen molar-refractivity contribution < 1.29 is 18.7 Å². The molecule has 3 rings (SSSR count). The topological polar surface area (TPSA) is 71.8 Å². The van der Waals surface area contributed by atoms with Gasteiger partial charge in [0.15, 0.2) is 5.76 Å². The van der Waals surface area contributed by atoms with Gasteiger partial charge in [-0.25, -0.2) is 0 Å². The third kappa shape index (κ3) is 4.90. The molecule has 1 saturated heterocycles. The average Bonchev–Trinajstić information content (AvgIpc) is 3.21. The maximum atomic E-state index is 12.3. The predicted molar refractivity (Wildman–Crippen MR) is 102 cm³/mol. The molecule has 0 unspecified atom stereocenters. The van der Waals surface area contributed by atoms with Crippen molar-refractivity contribution in [2.24, 2.45) is 5.92 Å². The molecule has 2 heterocycles. The molecule has 1 fully saturated rings. The zero-order valence-electron chi connectivity index (χ0n) is 15.9. The van der Waals surface area contributed by atoms with Crippen LogP contribution in [0.5, 0.6) is 5.75 Å². The van der Waals surface area contributed by atoms with E-state index in [4.69, 9.17) is 9.15 Å². The number of hydrogen-bond acceptors (Lipinski definition) is 4. The Morgan fingerprint density at radius 2 is 2.00 bits per heavy atom. The third-order valence-corrected chi connectivity index (χ3v) is 4.87. The molecule has 2 aromatic rings. The van der Waals surface area contributed by atoms with Crippen molar-refractivity contribution >= 4 is 11.8 Å². The molecular formula is C21H26N2O4. The summed E-state index contributed by atoms with van der Waals surface area (Å²) in [5.74, 6) is 1.05. The smallest absolute Gasteiger partial charge is 0.289 e. The number of rotatable bonds is 6. The summed E-state index contributed by atoms with van der Waals surface area (Å²) in [5.41, 5.74) is 2.29. The second-order valence-corrected chi connectivity index (χ2v) is 6.95. The van der Waals surface area contributed by atoms with E-state index in [9.17, 15) is 9.59 Å². The van der Waals surface area contributed by atoms with Gasteiger partial charge in [0.2, 0.25) is 5.91 Å². The normalized spacial score (nSPS) is 14.8. The number of carbonyl (C=O) groups excluding carboxylic acids is 2. The number of amides is 2. The van der Waals surface area contributed by atoms with Crippen LogP contribution >= 0.6 is 0 Å². The van der Waals surface area contributed by atoms with Gasteiger partial charge in [-0.05, 0) is 50.5 Å². The van der Waals surface area contributed by atoms with Crippen LogP contribution < -0.4 is 10.1 Å². The summed E-state index contributed by atoms with van der Waals surface area (Å²) in [6.45, 7) is 6.10. The van der Waals surface area contributed by atoms with Crippen LogP contribution in [0.4, 0.5) is 0 Å². The first-order valence-corrected chi connectivity index (χ1v) is 9.35. The van der Waals surface area contributed by atoms with Crippen molar-refractivity contribution in [1.82, 2.24) is 10.2 Å². The minimum Gasteiger partial charge on any atom is -0.491 e. The number of benzene rings is 1. The van der Waals surface area contributed by atoms with Gasteiger partial charge < -0.3 is 19.4 Å². The molecular weight excluding hydrogens is 344 g/mol. The largest absolute Gasteiger partial charge is 0.491 e. The van der Waals surface area contributed by atoms with Crippen LogP contribution in [0, 0.1) is 19.8 Å². The van der Waals surface area contributed by atoms with Gasteiger partial charge >= 0.3 is 0 Å². The summed E-state index contributed by atoms with van der Waals surface area (Å²) >= 11 is 0. The molecule has 1 aromatic carbocycles. The van der Waals surface area contributed by atoms with Gasteiger partial charge in [-0.1, -0.05) is 17.7 Å². The van der Waals surface area contributed by atoms with E-state index in [1.165, 1.54) is 11.8 Å². The van der Waals surface area contributed by atoms with Gasteiger partial charge in [0.05, 0.1) is 12.8 Å². The third-order valence-electron chi connectivity index (χ3n) is 4.87. The van der Waals surface area contributed by atoms with E-state index in [1.807, 2.05) is 26.0 Å². The molecule has 1 N–H and O–H groups in total.